The van der Waals surface area contributed by atoms with Gasteiger partial charge in [0.05, 0.1) is 15.3 Å². The number of rotatable bonds is 4. The number of carbonyl (C=O) groups is 1. The number of nitrogens with zero attached hydrogens (tertiary/aromatic N) is 1. The minimum absolute atomic E-state index is 0.0171. The smallest absolute Gasteiger partial charge is 0.396 e. The fraction of sp³-hybridized carbons (Fsp3) is 0.0400. The molecule has 5 rings (SSSR count). The first-order chi connectivity index (χ1) is 15.9. The Kier molecular flexibility index (Phi) is 5.11. The van der Waals surface area contributed by atoms with Crippen LogP contribution in [0.1, 0.15) is 15.9 Å². The summed E-state index contributed by atoms with van der Waals surface area (Å²) in [6.07, 6.45) is 0. The zero-order chi connectivity index (χ0) is 23.2. The normalized spacial score (nSPS) is 11.7. The molecule has 4 aromatic carbocycles. The summed E-state index contributed by atoms with van der Waals surface area (Å²) in [4.78, 5) is 25.3. The van der Waals surface area contributed by atoms with Crippen LogP contribution >= 0.6 is 11.3 Å². The van der Waals surface area contributed by atoms with Gasteiger partial charge < -0.3 is 4.42 Å². The van der Waals surface area contributed by atoms with Crippen molar-refractivity contribution < 1.29 is 17.6 Å². The van der Waals surface area contributed by atoms with E-state index in [2.05, 4.69) is 0 Å². The third-order valence-corrected chi connectivity index (χ3v) is 7.86. The Balaban J connectivity index is 1.87. The highest BCUT2D eigenvalue weighted by molar-refractivity contribution is 7.93. The number of anilines is 1. The van der Waals surface area contributed by atoms with E-state index in [-0.39, 0.29) is 16.1 Å². The van der Waals surface area contributed by atoms with Gasteiger partial charge in [0.15, 0.2) is 5.58 Å². The average Bonchev–Trinajstić information content (AvgIpc) is 3.20. The molecule has 164 valence electrons. The molecule has 1 amide bonds. The van der Waals surface area contributed by atoms with Crippen molar-refractivity contribution in [3.8, 4) is 0 Å². The summed E-state index contributed by atoms with van der Waals surface area (Å²) in [5.41, 5.74) is 1.44. The molecule has 1 heterocycles. The standard InChI is InChI=1S/C25H17NO5S2/c1-16-9-5-6-12-18(16)24(27)26(33(29,30)17-10-3-2-4-11-17)21-15-22-23(31-25(28)32-22)20-14-8-7-13-19(20)21/h2-15H,1H3. The first-order valence-electron chi connectivity index (χ1n) is 10.0. The molecule has 5 aromatic rings. The highest BCUT2D eigenvalue weighted by Gasteiger charge is 2.34. The molecule has 0 radical (unpaired) electrons. The zero-order valence-corrected chi connectivity index (χ0v) is 19.0. The Hall–Kier alpha value is -3.75. The number of amides is 1. The highest BCUT2D eigenvalue weighted by Crippen LogP contribution is 2.38. The van der Waals surface area contributed by atoms with Crippen molar-refractivity contribution >= 4 is 54.0 Å². The van der Waals surface area contributed by atoms with Crippen LogP contribution < -0.4 is 9.24 Å². The minimum Gasteiger partial charge on any atom is -0.413 e. The number of hydrogen-bond acceptors (Lipinski definition) is 6. The van der Waals surface area contributed by atoms with Gasteiger partial charge in [-0.1, -0.05) is 72.0 Å². The summed E-state index contributed by atoms with van der Waals surface area (Å²) >= 11 is 0.861. The Morgan fingerprint density at radius 3 is 2.24 bits per heavy atom. The molecule has 0 aliphatic carbocycles. The average molecular weight is 476 g/mol. The summed E-state index contributed by atoms with van der Waals surface area (Å²) < 4.78 is 34.4. The fourth-order valence-corrected chi connectivity index (χ4v) is 5.97. The van der Waals surface area contributed by atoms with Crippen molar-refractivity contribution in [3.05, 3.63) is 106 Å². The van der Waals surface area contributed by atoms with Crippen LogP contribution in [0.15, 0.2) is 99.0 Å². The Bertz CT molecular complexity index is 1680. The van der Waals surface area contributed by atoms with Crippen LogP contribution in [0.3, 0.4) is 0 Å². The molecule has 0 spiro atoms. The molecular formula is C25H17NO5S2. The van der Waals surface area contributed by atoms with Crippen molar-refractivity contribution in [1.82, 2.24) is 0 Å². The molecule has 33 heavy (non-hydrogen) atoms. The third-order valence-electron chi connectivity index (χ3n) is 5.38. The van der Waals surface area contributed by atoms with E-state index in [4.69, 9.17) is 4.42 Å². The first-order valence-corrected chi connectivity index (χ1v) is 12.3. The SMILES string of the molecule is Cc1ccccc1C(=O)N(c1cc2sc(=O)oc2c2ccccc12)S(=O)(=O)c1ccccc1. The van der Waals surface area contributed by atoms with Gasteiger partial charge in [0, 0.05) is 16.3 Å². The molecule has 0 unspecified atom stereocenters. The number of hydrogen-bond donors (Lipinski definition) is 0. The molecule has 1 aromatic heterocycles. The second kappa shape index (κ2) is 7.99. The Morgan fingerprint density at radius 2 is 1.52 bits per heavy atom. The van der Waals surface area contributed by atoms with Crippen LogP contribution in [0.2, 0.25) is 0 Å². The van der Waals surface area contributed by atoms with E-state index in [0.29, 0.717) is 26.6 Å². The topological polar surface area (TPSA) is 84.7 Å². The fourth-order valence-electron chi connectivity index (χ4n) is 3.82. The first kappa shape index (κ1) is 21.1. The maximum Gasteiger partial charge on any atom is 0.396 e. The largest absolute Gasteiger partial charge is 0.413 e. The lowest BCUT2D eigenvalue weighted by Gasteiger charge is -2.25. The lowest BCUT2D eigenvalue weighted by molar-refractivity contribution is 0.100. The van der Waals surface area contributed by atoms with Crippen LogP contribution in [0.25, 0.3) is 21.1 Å². The van der Waals surface area contributed by atoms with Gasteiger partial charge >= 0.3 is 4.94 Å². The maximum absolute atomic E-state index is 13.9. The van der Waals surface area contributed by atoms with E-state index in [9.17, 15) is 18.0 Å². The number of benzene rings is 4. The molecule has 0 bridgehead atoms. The second-order valence-corrected chi connectivity index (χ2v) is 10.2. The Morgan fingerprint density at radius 1 is 0.879 bits per heavy atom. The van der Waals surface area contributed by atoms with Gasteiger partial charge in [0.2, 0.25) is 0 Å². The number of fused-ring (bicyclic) bond motifs is 3. The molecule has 6 nitrogen and oxygen atoms in total. The minimum atomic E-state index is -4.29. The van der Waals surface area contributed by atoms with Crippen molar-refractivity contribution in [2.75, 3.05) is 4.31 Å². The zero-order valence-electron chi connectivity index (χ0n) is 17.4. The molecule has 0 saturated heterocycles. The highest BCUT2D eigenvalue weighted by atomic mass is 32.2. The van der Waals surface area contributed by atoms with Gasteiger partial charge in [-0.15, -0.1) is 0 Å². The van der Waals surface area contributed by atoms with Gasteiger partial charge in [-0.05, 0) is 36.8 Å². The van der Waals surface area contributed by atoms with Crippen molar-refractivity contribution in [2.45, 2.75) is 11.8 Å². The van der Waals surface area contributed by atoms with Gasteiger partial charge in [-0.3, -0.25) is 4.79 Å². The van der Waals surface area contributed by atoms with E-state index < -0.39 is 20.9 Å². The molecule has 0 atom stereocenters. The molecule has 0 fully saturated rings. The van der Waals surface area contributed by atoms with Gasteiger partial charge in [-0.25, -0.2) is 13.2 Å². The molecular weight excluding hydrogens is 458 g/mol. The summed E-state index contributed by atoms with van der Waals surface area (Å²) in [6.45, 7) is 1.75. The quantitative estimate of drug-likeness (QED) is 0.350. The van der Waals surface area contributed by atoms with Crippen LogP contribution in [0.5, 0.6) is 0 Å². The summed E-state index contributed by atoms with van der Waals surface area (Å²) in [5.74, 6) is -0.683. The Labute approximate surface area is 193 Å². The summed E-state index contributed by atoms with van der Waals surface area (Å²) in [6, 6.07) is 23.1. The summed E-state index contributed by atoms with van der Waals surface area (Å²) in [7, 11) is -4.29. The molecule has 0 aliphatic heterocycles. The molecule has 0 saturated carbocycles. The molecule has 8 heteroatoms. The summed E-state index contributed by atoms with van der Waals surface area (Å²) in [5, 5.41) is 1.03. The van der Waals surface area contributed by atoms with E-state index in [0.717, 1.165) is 15.6 Å². The predicted molar refractivity (Wildman–Crippen MR) is 129 cm³/mol. The van der Waals surface area contributed by atoms with Gasteiger partial charge in [0.1, 0.15) is 0 Å². The van der Waals surface area contributed by atoms with Crippen molar-refractivity contribution in [2.24, 2.45) is 0 Å². The van der Waals surface area contributed by atoms with Crippen LogP contribution in [0.4, 0.5) is 5.69 Å². The number of sulfonamides is 1. The lowest BCUT2D eigenvalue weighted by atomic mass is 10.1. The van der Waals surface area contributed by atoms with E-state index in [1.807, 2.05) is 0 Å². The number of aryl methyl sites for hydroxylation is 1. The van der Waals surface area contributed by atoms with E-state index >= 15 is 0 Å². The third kappa shape index (κ3) is 3.53. The number of carbonyl (C=O) groups excluding carboxylic acids is 1. The van der Waals surface area contributed by atoms with Crippen molar-refractivity contribution in [3.63, 3.8) is 0 Å². The van der Waals surface area contributed by atoms with Crippen molar-refractivity contribution in [1.29, 1.82) is 0 Å². The van der Waals surface area contributed by atoms with Gasteiger partial charge in [0.25, 0.3) is 15.9 Å². The van der Waals surface area contributed by atoms with Crippen LogP contribution in [-0.2, 0) is 10.0 Å². The molecule has 0 aliphatic rings. The molecule has 0 N–H and O–H groups in total. The van der Waals surface area contributed by atoms with E-state index in [1.54, 1.807) is 73.7 Å². The predicted octanol–water partition coefficient (Wildman–Crippen LogP) is 5.35. The van der Waals surface area contributed by atoms with Gasteiger partial charge in [-0.2, -0.15) is 4.31 Å². The van der Waals surface area contributed by atoms with Crippen LogP contribution in [-0.4, -0.2) is 14.3 Å². The van der Waals surface area contributed by atoms with Crippen LogP contribution in [0, 0.1) is 6.92 Å². The monoisotopic (exact) mass is 475 g/mol. The lowest BCUT2D eigenvalue weighted by Crippen LogP contribution is -2.37. The van der Waals surface area contributed by atoms with E-state index in [1.165, 1.54) is 18.2 Å². The second-order valence-electron chi connectivity index (χ2n) is 7.43. The maximum atomic E-state index is 13.9.